The molecule has 116 valence electrons. The third kappa shape index (κ3) is 4.43. The van der Waals surface area contributed by atoms with E-state index in [-0.39, 0.29) is 5.78 Å². The van der Waals surface area contributed by atoms with Crippen molar-refractivity contribution in [3.63, 3.8) is 0 Å². The number of rotatable bonds is 5. The lowest BCUT2D eigenvalue weighted by Gasteiger charge is -2.35. The zero-order valence-electron chi connectivity index (χ0n) is 12.6. The lowest BCUT2D eigenvalue weighted by atomic mass is 10.0. The molecule has 1 saturated heterocycles. The molecule has 0 radical (unpaired) electrons. The van der Waals surface area contributed by atoms with E-state index < -0.39 is 0 Å². The molecule has 0 aliphatic carbocycles. The molecule has 1 aliphatic rings. The first-order valence-corrected chi connectivity index (χ1v) is 8.10. The minimum absolute atomic E-state index is 0.0669. The molecule has 0 spiro atoms. The Kier molecular flexibility index (Phi) is 6.06. The first kappa shape index (κ1) is 16.8. The van der Waals surface area contributed by atoms with Crippen LogP contribution in [-0.2, 0) is 0 Å². The van der Waals surface area contributed by atoms with Gasteiger partial charge in [-0.05, 0) is 52.2 Å². The zero-order chi connectivity index (χ0) is 15.4. The number of piperidine rings is 1. The summed E-state index contributed by atoms with van der Waals surface area (Å²) < 4.78 is 0. The largest absolute Gasteiger partial charge is 0.306 e. The Morgan fingerprint density at radius 2 is 1.95 bits per heavy atom. The number of hydrogen-bond donors (Lipinski definition) is 0. The Bertz CT molecular complexity index is 497. The van der Waals surface area contributed by atoms with E-state index in [1.165, 1.54) is 12.8 Å². The Morgan fingerprint density at radius 1 is 1.29 bits per heavy atom. The molecule has 2 rings (SSSR count). The van der Waals surface area contributed by atoms with Gasteiger partial charge in [0.15, 0.2) is 5.78 Å². The molecule has 0 amide bonds. The van der Waals surface area contributed by atoms with Gasteiger partial charge in [0.1, 0.15) is 0 Å². The third-order valence-corrected chi connectivity index (χ3v) is 5.01. The first-order valence-electron chi connectivity index (χ1n) is 7.35. The fraction of sp³-hybridized carbons (Fsp3) is 0.562. The highest BCUT2D eigenvalue weighted by molar-refractivity contribution is 6.43. The highest BCUT2D eigenvalue weighted by Crippen LogP contribution is 2.26. The zero-order valence-corrected chi connectivity index (χ0v) is 14.1. The second-order valence-corrected chi connectivity index (χ2v) is 6.60. The lowest BCUT2D eigenvalue weighted by Crippen LogP contribution is -2.42. The summed E-state index contributed by atoms with van der Waals surface area (Å²) in [6.45, 7) is 2.90. The Hall–Kier alpha value is -0.610. The van der Waals surface area contributed by atoms with E-state index in [1.807, 2.05) is 0 Å². The van der Waals surface area contributed by atoms with Crippen LogP contribution < -0.4 is 0 Å². The quantitative estimate of drug-likeness (QED) is 0.771. The number of nitrogens with zero attached hydrogens (tertiary/aromatic N) is 2. The summed E-state index contributed by atoms with van der Waals surface area (Å²) in [4.78, 5) is 16.9. The molecule has 1 heterocycles. The fourth-order valence-electron chi connectivity index (χ4n) is 2.77. The Balaban J connectivity index is 1.84. The highest BCUT2D eigenvalue weighted by Gasteiger charge is 2.21. The summed E-state index contributed by atoms with van der Waals surface area (Å²) in [6.07, 6.45) is 2.82. The predicted octanol–water partition coefficient (Wildman–Crippen LogP) is 3.59. The first-order chi connectivity index (χ1) is 9.99. The molecule has 1 aromatic rings. The fourth-order valence-corrected chi connectivity index (χ4v) is 3.18. The molecule has 0 saturated carbocycles. The van der Waals surface area contributed by atoms with Gasteiger partial charge in [0.05, 0.1) is 10.0 Å². The van der Waals surface area contributed by atoms with Crippen molar-refractivity contribution >= 4 is 29.0 Å². The average molecular weight is 329 g/mol. The van der Waals surface area contributed by atoms with Crippen molar-refractivity contribution < 1.29 is 4.79 Å². The molecule has 5 heteroatoms. The molecule has 21 heavy (non-hydrogen) atoms. The number of ketones is 1. The van der Waals surface area contributed by atoms with Crippen molar-refractivity contribution in [2.24, 2.45) is 0 Å². The van der Waals surface area contributed by atoms with Crippen molar-refractivity contribution in [2.45, 2.75) is 25.3 Å². The molecular formula is C16H22Cl2N2O. The summed E-state index contributed by atoms with van der Waals surface area (Å²) in [5.74, 6) is 0.0669. The second kappa shape index (κ2) is 7.59. The van der Waals surface area contributed by atoms with Gasteiger partial charge in [0.25, 0.3) is 0 Å². The standard InChI is InChI=1S/C16H22Cl2N2O/c1-19(2)12-6-9-20(10-7-12)11-8-15(21)13-4-3-5-14(17)16(13)18/h3-5,12H,6-11H2,1-2H3. The summed E-state index contributed by atoms with van der Waals surface area (Å²) in [5.41, 5.74) is 0.535. The summed E-state index contributed by atoms with van der Waals surface area (Å²) >= 11 is 12.0. The number of likely N-dealkylation sites (tertiary alicyclic amines) is 1. The van der Waals surface area contributed by atoms with Gasteiger partial charge in [-0.2, -0.15) is 0 Å². The average Bonchev–Trinajstić information content (AvgIpc) is 2.48. The van der Waals surface area contributed by atoms with Crippen molar-refractivity contribution in [3.8, 4) is 0 Å². The minimum atomic E-state index is 0.0669. The van der Waals surface area contributed by atoms with Crippen LogP contribution in [0.2, 0.25) is 10.0 Å². The van der Waals surface area contributed by atoms with E-state index in [2.05, 4.69) is 23.9 Å². The molecule has 0 atom stereocenters. The molecule has 3 nitrogen and oxygen atoms in total. The van der Waals surface area contributed by atoms with Gasteiger partial charge >= 0.3 is 0 Å². The molecule has 1 aliphatic heterocycles. The maximum Gasteiger partial charge on any atom is 0.165 e. The van der Waals surface area contributed by atoms with Gasteiger partial charge in [0.2, 0.25) is 0 Å². The van der Waals surface area contributed by atoms with Gasteiger partial charge < -0.3 is 9.80 Å². The Morgan fingerprint density at radius 3 is 2.57 bits per heavy atom. The van der Waals surface area contributed by atoms with Crippen LogP contribution in [0.4, 0.5) is 0 Å². The number of carbonyl (C=O) groups is 1. The van der Waals surface area contributed by atoms with Crippen LogP contribution in [0, 0.1) is 0 Å². The van der Waals surface area contributed by atoms with Crippen LogP contribution >= 0.6 is 23.2 Å². The van der Waals surface area contributed by atoms with E-state index in [1.54, 1.807) is 18.2 Å². The highest BCUT2D eigenvalue weighted by atomic mass is 35.5. The van der Waals surface area contributed by atoms with E-state index >= 15 is 0 Å². The molecular weight excluding hydrogens is 307 g/mol. The molecule has 1 fully saturated rings. The maximum absolute atomic E-state index is 12.3. The van der Waals surface area contributed by atoms with Crippen molar-refractivity contribution in [1.29, 1.82) is 0 Å². The lowest BCUT2D eigenvalue weighted by molar-refractivity contribution is 0.0940. The van der Waals surface area contributed by atoms with Crippen LogP contribution in [0.1, 0.15) is 29.6 Å². The van der Waals surface area contributed by atoms with E-state index in [9.17, 15) is 4.79 Å². The molecule has 0 unspecified atom stereocenters. The number of Topliss-reactive ketones (excluding diaryl/α,β-unsaturated/α-hetero) is 1. The Labute approximate surface area is 136 Å². The minimum Gasteiger partial charge on any atom is -0.306 e. The monoisotopic (exact) mass is 328 g/mol. The van der Waals surface area contributed by atoms with Crippen LogP contribution in [0.5, 0.6) is 0 Å². The van der Waals surface area contributed by atoms with Gasteiger partial charge in [-0.1, -0.05) is 29.3 Å². The number of halogens is 2. The van der Waals surface area contributed by atoms with Crippen molar-refractivity contribution in [3.05, 3.63) is 33.8 Å². The van der Waals surface area contributed by atoms with Crippen molar-refractivity contribution in [2.75, 3.05) is 33.7 Å². The predicted molar refractivity (Wildman–Crippen MR) is 88.6 cm³/mol. The second-order valence-electron chi connectivity index (χ2n) is 5.81. The van der Waals surface area contributed by atoms with Gasteiger partial charge in [0, 0.05) is 24.6 Å². The molecule has 0 bridgehead atoms. The smallest absolute Gasteiger partial charge is 0.165 e. The normalized spacial score (nSPS) is 17.4. The van der Waals surface area contributed by atoms with E-state index in [0.29, 0.717) is 28.1 Å². The van der Waals surface area contributed by atoms with Gasteiger partial charge in [-0.3, -0.25) is 4.79 Å². The van der Waals surface area contributed by atoms with Gasteiger partial charge in [-0.15, -0.1) is 0 Å². The number of hydrogen-bond acceptors (Lipinski definition) is 3. The molecule has 0 N–H and O–H groups in total. The van der Waals surface area contributed by atoms with Gasteiger partial charge in [-0.25, -0.2) is 0 Å². The van der Waals surface area contributed by atoms with Crippen LogP contribution in [0.3, 0.4) is 0 Å². The van der Waals surface area contributed by atoms with E-state index in [0.717, 1.165) is 19.6 Å². The summed E-state index contributed by atoms with van der Waals surface area (Å²) in [7, 11) is 4.26. The topological polar surface area (TPSA) is 23.6 Å². The molecule has 1 aromatic carbocycles. The maximum atomic E-state index is 12.3. The van der Waals surface area contributed by atoms with Crippen molar-refractivity contribution in [1.82, 2.24) is 9.80 Å². The summed E-state index contributed by atoms with van der Waals surface area (Å²) in [5, 5.41) is 0.810. The third-order valence-electron chi connectivity index (χ3n) is 4.19. The van der Waals surface area contributed by atoms with Crippen LogP contribution in [0.25, 0.3) is 0 Å². The number of carbonyl (C=O) groups excluding carboxylic acids is 1. The molecule has 0 aromatic heterocycles. The summed E-state index contributed by atoms with van der Waals surface area (Å²) in [6, 6.07) is 5.88. The number of benzene rings is 1. The van der Waals surface area contributed by atoms with Crippen LogP contribution in [-0.4, -0.2) is 55.4 Å². The van der Waals surface area contributed by atoms with E-state index in [4.69, 9.17) is 23.2 Å². The SMILES string of the molecule is CN(C)C1CCN(CCC(=O)c2cccc(Cl)c2Cl)CC1. The van der Waals surface area contributed by atoms with Crippen LogP contribution in [0.15, 0.2) is 18.2 Å².